The topological polar surface area (TPSA) is 6.48 Å². The molecular weight excluding hydrogens is 1150 g/mol. The first-order chi connectivity index (χ1) is 47.2. The predicted molar refractivity (Wildman–Crippen MR) is 395 cm³/mol. The van der Waals surface area contributed by atoms with Crippen LogP contribution < -0.4 is 9.80 Å². The zero-order valence-corrected chi connectivity index (χ0v) is 53.2. The van der Waals surface area contributed by atoms with Crippen LogP contribution in [0.4, 0.5) is 11.4 Å². The molecule has 0 unspecified atom stereocenters. The largest absolute Gasteiger partial charge is 0.327 e. The maximum Gasteiger partial charge on any atom is 0.0989 e. The van der Waals surface area contributed by atoms with Crippen molar-refractivity contribution in [3.63, 3.8) is 0 Å². The molecule has 0 bridgehead atoms. The highest BCUT2D eigenvalue weighted by molar-refractivity contribution is 5.77. The summed E-state index contributed by atoms with van der Waals surface area (Å²) in [6.45, 7) is 0.513. The first kappa shape index (κ1) is 59.7. The van der Waals surface area contributed by atoms with Crippen LogP contribution in [-0.2, 0) is 0 Å². The van der Waals surface area contributed by atoms with Gasteiger partial charge in [-0.1, -0.05) is 388 Å². The Morgan fingerprint density at radius 1 is 0.158 bits per heavy atom. The van der Waals surface area contributed by atoms with Crippen molar-refractivity contribution in [3.05, 3.63) is 501 Å². The van der Waals surface area contributed by atoms with Crippen molar-refractivity contribution in [1.29, 1.82) is 0 Å². The highest BCUT2D eigenvalue weighted by atomic mass is 15.3. The number of hydrogen-bond donors (Lipinski definition) is 0. The molecular formula is C93H74N2. The lowest BCUT2D eigenvalue weighted by Gasteiger charge is -2.36. The van der Waals surface area contributed by atoms with Crippen molar-refractivity contribution in [3.8, 4) is 0 Å². The molecule has 14 aromatic carbocycles. The van der Waals surface area contributed by atoms with Crippen LogP contribution in [-0.4, -0.2) is 6.67 Å². The van der Waals surface area contributed by atoms with E-state index >= 15 is 0 Å². The van der Waals surface area contributed by atoms with E-state index in [4.69, 9.17) is 0 Å². The summed E-state index contributed by atoms with van der Waals surface area (Å²) in [6, 6.07) is 145. The fourth-order valence-electron chi connectivity index (χ4n) is 15.1. The summed E-state index contributed by atoms with van der Waals surface area (Å²) in [4.78, 5) is 5.20. The van der Waals surface area contributed by atoms with Gasteiger partial charge >= 0.3 is 0 Å². The van der Waals surface area contributed by atoms with E-state index in [1.165, 1.54) is 112 Å². The molecule has 1 heterocycles. The fourth-order valence-corrected chi connectivity index (χ4v) is 15.1. The Hall–Kier alpha value is -11.6. The van der Waals surface area contributed by atoms with E-state index in [0.29, 0.717) is 6.67 Å². The smallest absolute Gasteiger partial charge is 0.0989 e. The van der Waals surface area contributed by atoms with Gasteiger partial charge in [-0.15, -0.1) is 0 Å². The Bertz CT molecular complexity index is 4010. The van der Waals surface area contributed by atoms with Gasteiger partial charge < -0.3 is 9.80 Å². The highest BCUT2D eigenvalue weighted by Crippen LogP contribution is 2.52. The standard InChI is InChI=1S/C93H74N2/c1-13-37-68(38-14-1)86(69-39-15-2-16-40-69)80-63-82(88(72-45-21-5-22-46-72)73-47-23-6-24-48-73)92(83(64-80)89(74-49-25-7-26-50-74)75-51-27-8-28-52-75)94-61-62-95(67-94)93-84(90(76-53-29-9-30-54-76)77-55-31-10-32-56-77)65-81(87(70-41-17-3-18-42-70)71-43-19-4-20-44-71)66-85(93)91(78-57-33-11-34-58-78)79-59-35-12-36-60-79/h1-66,86-91H,67H2. The lowest BCUT2D eigenvalue weighted by Crippen LogP contribution is -2.30. The van der Waals surface area contributed by atoms with Gasteiger partial charge in [0.2, 0.25) is 0 Å². The summed E-state index contributed by atoms with van der Waals surface area (Å²) < 4.78 is 0. The molecule has 0 saturated heterocycles. The molecule has 0 N–H and O–H groups in total. The average Bonchev–Trinajstić information content (AvgIpc) is 1.72. The molecule has 2 heteroatoms. The maximum atomic E-state index is 2.60. The Morgan fingerprint density at radius 2 is 0.295 bits per heavy atom. The molecule has 0 saturated carbocycles. The zero-order chi connectivity index (χ0) is 63.5. The minimum Gasteiger partial charge on any atom is -0.327 e. The van der Waals surface area contributed by atoms with Crippen LogP contribution in [0.2, 0.25) is 0 Å². The lowest BCUT2D eigenvalue weighted by atomic mass is 9.75. The Balaban J connectivity index is 1.05. The van der Waals surface area contributed by atoms with Crippen LogP contribution in [0.3, 0.4) is 0 Å². The first-order valence-electron chi connectivity index (χ1n) is 33.4. The van der Waals surface area contributed by atoms with Crippen molar-refractivity contribution >= 4 is 11.4 Å². The van der Waals surface area contributed by atoms with E-state index in [9.17, 15) is 0 Å². The van der Waals surface area contributed by atoms with E-state index in [1.54, 1.807) is 0 Å². The molecule has 14 aromatic rings. The van der Waals surface area contributed by atoms with Crippen molar-refractivity contribution < 1.29 is 0 Å². The van der Waals surface area contributed by atoms with E-state index < -0.39 is 0 Å². The molecule has 95 heavy (non-hydrogen) atoms. The van der Waals surface area contributed by atoms with E-state index in [1.807, 2.05) is 0 Å². The van der Waals surface area contributed by atoms with Crippen LogP contribution in [0.15, 0.2) is 401 Å². The molecule has 0 amide bonds. The van der Waals surface area contributed by atoms with Crippen LogP contribution in [0.1, 0.15) is 136 Å². The summed E-state index contributed by atoms with van der Waals surface area (Å²) in [7, 11) is 0. The van der Waals surface area contributed by atoms with Gasteiger partial charge in [-0.05, 0) is 100 Å². The zero-order valence-electron chi connectivity index (χ0n) is 53.2. The van der Waals surface area contributed by atoms with E-state index in [2.05, 4.69) is 410 Å². The molecule has 0 aromatic heterocycles. The molecule has 2 nitrogen and oxygen atoms in total. The van der Waals surface area contributed by atoms with E-state index in [0.717, 1.165) is 0 Å². The third kappa shape index (κ3) is 12.6. The van der Waals surface area contributed by atoms with Crippen LogP contribution in [0.25, 0.3) is 0 Å². The van der Waals surface area contributed by atoms with Gasteiger partial charge in [0.25, 0.3) is 0 Å². The molecule has 1 aliphatic rings. The highest BCUT2D eigenvalue weighted by Gasteiger charge is 2.37. The average molecular weight is 1220 g/mol. The molecule has 0 radical (unpaired) electrons. The minimum absolute atomic E-state index is 0.0889. The van der Waals surface area contributed by atoms with Gasteiger partial charge in [-0.25, -0.2) is 0 Å². The second kappa shape index (κ2) is 28.1. The van der Waals surface area contributed by atoms with Gasteiger partial charge in [0, 0.05) is 47.9 Å². The molecule has 0 atom stereocenters. The monoisotopic (exact) mass is 1220 g/mol. The van der Waals surface area contributed by atoms with Gasteiger partial charge in [-0.2, -0.15) is 0 Å². The minimum atomic E-state index is -0.174. The number of rotatable bonds is 20. The van der Waals surface area contributed by atoms with Gasteiger partial charge in [0.1, 0.15) is 0 Å². The first-order valence-corrected chi connectivity index (χ1v) is 33.4. The number of hydrogen-bond acceptors (Lipinski definition) is 2. The summed E-state index contributed by atoms with van der Waals surface area (Å²) >= 11 is 0. The third-order valence-corrected chi connectivity index (χ3v) is 19.2. The molecule has 0 aliphatic carbocycles. The number of nitrogens with zero attached hydrogens (tertiary/aromatic N) is 2. The van der Waals surface area contributed by atoms with Crippen molar-refractivity contribution in [2.75, 3.05) is 16.5 Å². The maximum absolute atomic E-state index is 2.60. The fraction of sp³-hybridized carbons (Fsp3) is 0.0753. The van der Waals surface area contributed by atoms with Crippen molar-refractivity contribution in [1.82, 2.24) is 0 Å². The number of anilines is 2. The SMILES string of the molecule is C1=CN(c2c(C(c3ccccc3)c3ccccc3)cc(C(c3ccccc3)c3ccccc3)cc2C(c2ccccc2)c2ccccc2)CN1c1c(C(c2ccccc2)c2ccccc2)cc(C(c2ccccc2)c2ccccc2)cc1C(c1ccccc1)c1ccccc1. The summed E-state index contributed by atoms with van der Waals surface area (Å²) in [5, 5.41) is 0. The summed E-state index contributed by atoms with van der Waals surface area (Å²) in [5.41, 5.74) is 24.5. The second-order valence-electron chi connectivity index (χ2n) is 25.0. The molecule has 1 aliphatic heterocycles. The normalized spacial score (nSPS) is 12.2. The Labute approximate surface area is 560 Å². The molecule has 456 valence electrons. The second-order valence-corrected chi connectivity index (χ2v) is 25.0. The van der Waals surface area contributed by atoms with Crippen molar-refractivity contribution in [2.24, 2.45) is 0 Å². The van der Waals surface area contributed by atoms with Crippen LogP contribution in [0.5, 0.6) is 0 Å². The van der Waals surface area contributed by atoms with E-state index in [-0.39, 0.29) is 35.5 Å². The molecule has 0 spiro atoms. The van der Waals surface area contributed by atoms with Crippen LogP contribution in [0, 0.1) is 0 Å². The summed E-state index contributed by atoms with van der Waals surface area (Å²) in [5.74, 6) is -0.873. The number of benzene rings is 14. The Kier molecular flexibility index (Phi) is 17.7. The van der Waals surface area contributed by atoms with Gasteiger partial charge in [0.05, 0.1) is 18.0 Å². The molecule has 15 rings (SSSR count). The third-order valence-electron chi connectivity index (χ3n) is 19.2. The lowest BCUT2D eigenvalue weighted by molar-refractivity contribution is 0.858. The summed E-state index contributed by atoms with van der Waals surface area (Å²) in [6.07, 6.45) is 4.79. The van der Waals surface area contributed by atoms with Gasteiger partial charge in [-0.3, -0.25) is 0 Å². The predicted octanol–water partition coefficient (Wildman–Crippen LogP) is 22.5. The van der Waals surface area contributed by atoms with Crippen molar-refractivity contribution in [2.45, 2.75) is 35.5 Å². The molecule has 0 fully saturated rings. The quantitative estimate of drug-likeness (QED) is 0.0702. The van der Waals surface area contributed by atoms with Crippen LogP contribution >= 0.6 is 0 Å². The Morgan fingerprint density at radius 3 is 0.442 bits per heavy atom. The van der Waals surface area contributed by atoms with Gasteiger partial charge in [0.15, 0.2) is 0 Å².